The van der Waals surface area contributed by atoms with E-state index in [1.807, 2.05) is 0 Å². The Morgan fingerprint density at radius 1 is 1.07 bits per heavy atom. The minimum atomic E-state index is -0.00866. The maximum absolute atomic E-state index is 5.43. The van der Waals surface area contributed by atoms with Crippen LogP contribution in [0.5, 0.6) is 0 Å². The predicted molar refractivity (Wildman–Crippen MR) is 61.7 cm³/mol. The number of nitrogens with one attached hydrogen (secondary N) is 1. The van der Waals surface area contributed by atoms with Gasteiger partial charge in [0.25, 0.3) is 0 Å². The second-order valence-corrected chi connectivity index (χ2v) is 5.48. The largest absolute Gasteiger partial charge is 0.339 e. The quantitative estimate of drug-likeness (QED) is 0.442. The van der Waals surface area contributed by atoms with E-state index >= 15 is 0 Å². The van der Waals surface area contributed by atoms with E-state index in [4.69, 9.17) is 11.5 Å². The minimum Gasteiger partial charge on any atom is -0.291 e. The van der Waals surface area contributed by atoms with Crippen LogP contribution in [0.25, 0.3) is 0 Å². The molecule has 0 aliphatic rings. The molecule has 0 aromatic rings. The maximum Gasteiger partial charge on any atom is 0.339 e. The van der Waals surface area contributed by atoms with Gasteiger partial charge < -0.3 is 0 Å². The summed E-state index contributed by atoms with van der Waals surface area (Å²) in [5.74, 6) is 0.310. The zero-order valence-corrected chi connectivity index (χ0v) is 10.3. The van der Waals surface area contributed by atoms with Crippen molar-refractivity contribution in [3.05, 3.63) is 0 Å². The summed E-state index contributed by atoms with van der Waals surface area (Å²) in [6.45, 7) is 11.1. The zero-order valence-electron chi connectivity index (χ0n) is 10.3. The second kappa shape index (κ2) is 4.67. The van der Waals surface area contributed by atoms with E-state index in [1.54, 1.807) is 0 Å². The van der Waals surface area contributed by atoms with Gasteiger partial charge in [-0.25, -0.2) is 0 Å². The fourth-order valence-electron chi connectivity index (χ4n) is 1.28. The summed E-state index contributed by atoms with van der Waals surface area (Å²) < 4.78 is 0. The Morgan fingerprint density at radius 2 is 1.57 bits per heavy atom. The molecule has 0 unspecified atom stereocenters. The molecule has 0 aliphatic carbocycles. The molecule has 5 N–H and O–H groups in total. The fraction of sp³-hybridized carbons (Fsp3) is 0.909. The molecule has 0 heterocycles. The average Bonchev–Trinajstić information content (AvgIpc) is 1.99. The van der Waals surface area contributed by atoms with Gasteiger partial charge in [0.05, 0.1) is 5.54 Å². The zero-order chi connectivity index (χ0) is 11.4. The van der Waals surface area contributed by atoms with Gasteiger partial charge in [-0.2, -0.15) is 0 Å². The van der Waals surface area contributed by atoms with Crippen LogP contribution in [-0.2, 0) is 0 Å². The standard InChI is InChI=1S/C11H25N3/c1-6-10(2,3)7-8-11(4,5)14-9(12)13/h6-8H2,1-5H3,(H4,12,13,14)/p+1. The van der Waals surface area contributed by atoms with Crippen LogP contribution in [0.4, 0.5) is 0 Å². The molecule has 0 saturated heterocycles. The summed E-state index contributed by atoms with van der Waals surface area (Å²) in [6, 6.07) is 0. The predicted octanol–water partition coefficient (Wildman–Crippen LogP) is 0.335. The molecule has 84 valence electrons. The number of hydrogen-bond acceptors (Lipinski definition) is 0. The highest BCUT2D eigenvalue weighted by Crippen LogP contribution is 2.27. The molecule has 0 rings (SSSR count). The lowest BCUT2D eigenvalue weighted by Gasteiger charge is -2.27. The summed E-state index contributed by atoms with van der Waals surface area (Å²) in [5.41, 5.74) is 11.3. The maximum atomic E-state index is 5.43. The van der Waals surface area contributed by atoms with Crippen molar-refractivity contribution in [1.29, 1.82) is 0 Å². The molecule has 0 aliphatic heterocycles. The molecule has 3 nitrogen and oxygen atoms in total. The van der Waals surface area contributed by atoms with E-state index in [0.29, 0.717) is 11.4 Å². The molecular weight excluding hydrogens is 174 g/mol. The first-order valence-corrected chi connectivity index (χ1v) is 5.35. The van der Waals surface area contributed by atoms with Crippen molar-refractivity contribution in [1.82, 2.24) is 0 Å². The Balaban J connectivity index is 4.19. The summed E-state index contributed by atoms with van der Waals surface area (Å²) in [5, 5.41) is 0. The molecule has 0 spiro atoms. The first kappa shape index (κ1) is 13.3. The Kier molecular flexibility index (Phi) is 4.43. The first-order chi connectivity index (χ1) is 6.18. The molecule has 0 aromatic carbocycles. The van der Waals surface area contributed by atoms with Gasteiger partial charge in [0.2, 0.25) is 0 Å². The van der Waals surface area contributed by atoms with E-state index in [1.165, 1.54) is 12.8 Å². The average molecular weight is 200 g/mol. The van der Waals surface area contributed by atoms with E-state index in [9.17, 15) is 0 Å². The van der Waals surface area contributed by atoms with Gasteiger partial charge in [-0.3, -0.25) is 16.5 Å². The summed E-state index contributed by atoms with van der Waals surface area (Å²) in [7, 11) is 0. The Bertz CT molecular complexity index is 201. The normalized spacial score (nSPS) is 12.6. The van der Waals surface area contributed by atoms with Crippen molar-refractivity contribution < 1.29 is 4.99 Å². The van der Waals surface area contributed by atoms with Crippen molar-refractivity contribution in [3.8, 4) is 0 Å². The van der Waals surface area contributed by atoms with Crippen LogP contribution in [0.15, 0.2) is 0 Å². The third-order valence-electron chi connectivity index (χ3n) is 2.87. The monoisotopic (exact) mass is 200 g/mol. The first-order valence-electron chi connectivity index (χ1n) is 5.35. The highest BCUT2D eigenvalue weighted by atomic mass is 15.0. The van der Waals surface area contributed by atoms with Gasteiger partial charge in [-0.1, -0.05) is 27.2 Å². The van der Waals surface area contributed by atoms with Crippen LogP contribution >= 0.6 is 0 Å². The van der Waals surface area contributed by atoms with Crippen LogP contribution in [0.3, 0.4) is 0 Å². The molecule has 0 saturated carbocycles. The van der Waals surface area contributed by atoms with Crippen molar-refractivity contribution in [2.45, 2.75) is 59.4 Å². The lowest BCUT2D eigenvalue weighted by atomic mass is 9.81. The van der Waals surface area contributed by atoms with E-state index in [-0.39, 0.29) is 5.54 Å². The SMILES string of the molecule is CCC(C)(C)CCC(C)(C)[NH+]=C(N)N. The van der Waals surface area contributed by atoms with E-state index in [2.05, 4.69) is 39.6 Å². The Hall–Kier alpha value is -0.730. The van der Waals surface area contributed by atoms with Gasteiger partial charge in [-0.15, -0.1) is 0 Å². The van der Waals surface area contributed by atoms with Gasteiger partial charge >= 0.3 is 5.96 Å². The highest BCUT2D eigenvalue weighted by Gasteiger charge is 2.23. The fourth-order valence-corrected chi connectivity index (χ4v) is 1.28. The smallest absolute Gasteiger partial charge is 0.291 e. The number of guanidine groups is 1. The lowest BCUT2D eigenvalue weighted by molar-refractivity contribution is -0.547. The molecule has 0 atom stereocenters. The van der Waals surface area contributed by atoms with Gasteiger partial charge in [-0.05, 0) is 32.1 Å². The van der Waals surface area contributed by atoms with Crippen molar-refractivity contribution in [2.75, 3.05) is 0 Å². The minimum absolute atomic E-state index is 0.00866. The van der Waals surface area contributed by atoms with Crippen molar-refractivity contribution in [3.63, 3.8) is 0 Å². The second-order valence-electron chi connectivity index (χ2n) is 5.48. The molecule has 0 bridgehead atoms. The Labute approximate surface area is 88.0 Å². The topological polar surface area (TPSA) is 66.0 Å². The van der Waals surface area contributed by atoms with Crippen LogP contribution in [0.1, 0.15) is 53.9 Å². The summed E-state index contributed by atoms with van der Waals surface area (Å²) in [4.78, 5) is 3.09. The van der Waals surface area contributed by atoms with Crippen LogP contribution in [-0.4, -0.2) is 11.5 Å². The van der Waals surface area contributed by atoms with E-state index < -0.39 is 0 Å². The summed E-state index contributed by atoms with van der Waals surface area (Å²) >= 11 is 0. The van der Waals surface area contributed by atoms with Gasteiger partial charge in [0.15, 0.2) is 0 Å². The lowest BCUT2D eigenvalue weighted by Crippen LogP contribution is -2.88. The van der Waals surface area contributed by atoms with Crippen LogP contribution < -0.4 is 16.5 Å². The Morgan fingerprint density at radius 3 is 1.93 bits per heavy atom. The highest BCUT2D eigenvalue weighted by molar-refractivity contribution is 5.69. The van der Waals surface area contributed by atoms with E-state index in [0.717, 1.165) is 6.42 Å². The number of rotatable bonds is 5. The molecule has 0 fully saturated rings. The van der Waals surface area contributed by atoms with Crippen LogP contribution in [0.2, 0.25) is 0 Å². The van der Waals surface area contributed by atoms with Crippen molar-refractivity contribution in [2.24, 2.45) is 16.9 Å². The third kappa shape index (κ3) is 5.84. The number of nitrogens with two attached hydrogens (primary N) is 2. The number of hydrogen-bond donors (Lipinski definition) is 3. The molecule has 0 radical (unpaired) electrons. The molecule has 14 heavy (non-hydrogen) atoms. The molecule has 0 amide bonds. The molecular formula is C11H26N3+. The summed E-state index contributed by atoms with van der Waals surface area (Å²) in [6.07, 6.45) is 3.45. The van der Waals surface area contributed by atoms with Crippen LogP contribution in [0, 0.1) is 5.41 Å². The van der Waals surface area contributed by atoms with Gasteiger partial charge in [0, 0.05) is 0 Å². The van der Waals surface area contributed by atoms with Crippen molar-refractivity contribution >= 4 is 5.96 Å². The molecule has 0 aromatic heterocycles. The molecule has 3 heteroatoms. The third-order valence-corrected chi connectivity index (χ3v) is 2.87. The van der Waals surface area contributed by atoms with Gasteiger partial charge in [0.1, 0.15) is 0 Å².